The van der Waals surface area contributed by atoms with Crippen LogP contribution < -0.4 is 10.0 Å². The number of hydrogen-bond donors (Lipinski definition) is 2. The number of benzene rings is 1. The monoisotopic (exact) mass is 388 g/mol. The fourth-order valence-electron chi connectivity index (χ4n) is 1.70. The van der Waals surface area contributed by atoms with Gasteiger partial charge in [-0.1, -0.05) is 12.1 Å². The Morgan fingerprint density at radius 3 is 2.46 bits per heavy atom. The zero-order chi connectivity index (χ0) is 18.4. The maximum Gasteiger partial charge on any atom is 0.405 e. The summed E-state index contributed by atoms with van der Waals surface area (Å²) in [5.74, 6) is -1.82. The molecule has 0 saturated heterocycles. The van der Waals surface area contributed by atoms with Crippen LogP contribution in [0.4, 0.5) is 17.6 Å². The van der Waals surface area contributed by atoms with Crippen molar-refractivity contribution in [1.82, 2.24) is 10.0 Å². The molecule has 0 radical (unpaired) electrons. The third kappa shape index (κ3) is 6.65. The van der Waals surface area contributed by atoms with E-state index in [0.29, 0.717) is 5.75 Å². The number of amides is 1. The first kappa shape index (κ1) is 20.7. The van der Waals surface area contributed by atoms with Gasteiger partial charge in [0.2, 0.25) is 15.9 Å². The van der Waals surface area contributed by atoms with Gasteiger partial charge in [0.25, 0.3) is 0 Å². The van der Waals surface area contributed by atoms with E-state index in [4.69, 9.17) is 0 Å². The Hall–Kier alpha value is -1.33. The predicted molar refractivity (Wildman–Crippen MR) is 82.6 cm³/mol. The highest BCUT2D eigenvalue weighted by Gasteiger charge is 2.31. The van der Waals surface area contributed by atoms with Crippen molar-refractivity contribution in [1.29, 1.82) is 0 Å². The minimum Gasteiger partial charge on any atom is -0.346 e. The number of sulfonamides is 1. The number of carbonyl (C=O) groups excluding carboxylic acids is 1. The summed E-state index contributed by atoms with van der Waals surface area (Å²) in [6, 6.07) is 3.06. The maximum absolute atomic E-state index is 13.6. The molecule has 2 N–H and O–H groups in total. The Balaban J connectivity index is 2.92. The number of alkyl halides is 3. The second kappa shape index (κ2) is 8.67. The summed E-state index contributed by atoms with van der Waals surface area (Å²) in [5, 5.41) is 1.63. The van der Waals surface area contributed by atoms with Crippen LogP contribution in [0, 0.1) is 5.82 Å². The highest BCUT2D eigenvalue weighted by molar-refractivity contribution is 7.98. The summed E-state index contributed by atoms with van der Waals surface area (Å²) < 4.78 is 76.5. The second-order valence-corrected chi connectivity index (χ2v) is 7.39. The molecule has 0 spiro atoms. The molecule has 1 amide bonds. The molecule has 136 valence electrons. The smallest absolute Gasteiger partial charge is 0.346 e. The zero-order valence-corrected chi connectivity index (χ0v) is 14.2. The van der Waals surface area contributed by atoms with Crippen molar-refractivity contribution in [3.05, 3.63) is 30.1 Å². The van der Waals surface area contributed by atoms with E-state index in [2.05, 4.69) is 0 Å². The van der Waals surface area contributed by atoms with Gasteiger partial charge in [-0.15, -0.1) is 0 Å². The molecule has 0 saturated carbocycles. The topological polar surface area (TPSA) is 75.3 Å². The van der Waals surface area contributed by atoms with E-state index in [0.717, 1.165) is 12.1 Å². The third-order valence-corrected chi connectivity index (χ3v) is 4.96. The highest BCUT2D eigenvalue weighted by atomic mass is 32.2. The lowest BCUT2D eigenvalue weighted by atomic mass is 10.2. The number of hydrogen-bond acceptors (Lipinski definition) is 4. The van der Waals surface area contributed by atoms with E-state index in [1.807, 2.05) is 4.72 Å². The largest absolute Gasteiger partial charge is 0.405 e. The van der Waals surface area contributed by atoms with Gasteiger partial charge in [-0.3, -0.25) is 4.79 Å². The van der Waals surface area contributed by atoms with Crippen LogP contribution in [0.25, 0.3) is 0 Å². The molecule has 1 aromatic rings. The van der Waals surface area contributed by atoms with Crippen molar-refractivity contribution in [3.8, 4) is 0 Å². The summed E-state index contributed by atoms with van der Waals surface area (Å²) in [7, 11) is -4.40. The van der Waals surface area contributed by atoms with E-state index in [9.17, 15) is 30.8 Å². The first-order valence-corrected chi connectivity index (χ1v) is 9.55. The molecule has 1 atom stereocenters. The summed E-state index contributed by atoms with van der Waals surface area (Å²) in [6.45, 7) is -1.58. The van der Waals surface area contributed by atoms with E-state index in [-0.39, 0.29) is 6.42 Å². The van der Waals surface area contributed by atoms with Gasteiger partial charge in [0, 0.05) is 0 Å². The maximum atomic E-state index is 13.6. The first-order chi connectivity index (χ1) is 11.1. The molecule has 0 aliphatic heterocycles. The van der Waals surface area contributed by atoms with Crippen LogP contribution in [-0.4, -0.2) is 45.1 Å². The van der Waals surface area contributed by atoms with Gasteiger partial charge in [-0.2, -0.15) is 29.7 Å². The van der Waals surface area contributed by atoms with Crippen molar-refractivity contribution in [2.45, 2.75) is 23.5 Å². The van der Waals surface area contributed by atoms with Gasteiger partial charge in [0.1, 0.15) is 23.3 Å². The molecule has 11 heteroatoms. The average Bonchev–Trinajstić information content (AvgIpc) is 2.48. The second-order valence-electron chi connectivity index (χ2n) is 4.72. The molecule has 24 heavy (non-hydrogen) atoms. The van der Waals surface area contributed by atoms with Crippen LogP contribution in [0.2, 0.25) is 0 Å². The van der Waals surface area contributed by atoms with Crippen molar-refractivity contribution >= 4 is 27.7 Å². The van der Waals surface area contributed by atoms with Crippen LogP contribution in [0.1, 0.15) is 6.42 Å². The first-order valence-electron chi connectivity index (χ1n) is 6.67. The molecular weight excluding hydrogens is 372 g/mol. The number of nitrogens with one attached hydrogen (secondary N) is 2. The quantitative estimate of drug-likeness (QED) is 0.667. The molecule has 5 nitrogen and oxygen atoms in total. The lowest BCUT2D eigenvalue weighted by molar-refractivity contribution is -0.139. The van der Waals surface area contributed by atoms with E-state index in [1.54, 1.807) is 11.6 Å². The van der Waals surface area contributed by atoms with Gasteiger partial charge in [-0.25, -0.2) is 12.8 Å². The summed E-state index contributed by atoms with van der Waals surface area (Å²) in [5.41, 5.74) is 0. The number of halogens is 4. The standard InChI is InChI=1S/C13H16F4N2O3S2/c1-23-7-6-10(12(20)18-8-13(15,16)17)19-24(21,22)11-5-3-2-4-9(11)14/h2-5,10,19H,6-8H2,1H3,(H,18,20)/t10-/m0/s1. The van der Waals surface area contributed by atoms with Gasteiger partial charge >= 0.3 is 6.18 Å². The molecule has 0 unspecified atom stereocenters. The Morgan fingerprint density at radius 1 is 1.29 bits per heavy atom. The minimum atomic E-state index is -4.62. The molecule has 0 aliphatic carbocycles. The van der Waals surface area contributed by atoms with E-state index < -0.39 is 45.4 Å². The minimum absolute atomic E-state index is 0.0431. The molecule has 0 fully saturated rings. The van der Waals surface area contributed by atoms with Gasteiger partial charge in [-0.05, 0) is 30.6 Å². The van der Waals surface area contributed by atoms with Crippen LogP contribution in [0.3, 0.4) is 0 Å². The van der Waals surface area contributed by atoms with Gasteiger partial charge in [0.15, 0.2) is 0 Å². The zero-order valence-electron chi connectivity index (χ0n) is 12.6. The molecule has 0 aromatic heterocycles. The lowest BCUT2D eigenvalue weighted by Gasteiger charge is -2.19. The van der Waals surface area contributed by atoms with Gasteiger partial charge in [0.05, 0.1) is 0 Å². The molecule has 0 bridgehead atoms. The van der Waals surface area contributed by atoms with Crippen LogP contribution in [0.5, 0.6) is 0 Å². The molecule has 1 rings (SSSR count). The van der Waals surface area contributed by atoms with E-state index in [1.165, 1.54) is 23.9 Å². The summed E-state index contributed by atoms with van der Waals surface area (Å²) in [4.78, 5) is 11.2. The fraction of sp³-hybridized carbons (Fsp3) is 0.462. The Labute approximate surface area is 141 Å². The van der Waals surface area contributed by atoms with Crippen molar-refractivity contribution < 1.29 is 30.8 Å². The fourth-order valence-corrected chi connectivity index (χ4v) is 3.48. The predicted octanol–water partition coefficient (Wildman–Crippen LogP) is 1.90. The number of carbonyl (C=O) groups is 1. The van der Waals surface area contributed by atoms with Crippen LogP contribution in [0.15, 0.2) is 29.2 Å². The highest BCUT2D eigenvalue weighted by Crippen LogP contribution is 2.16. The Bertz CT molecular complexity index is 665. The van der Waals surface area contributed by atoms with Crippen molar-refractivity contribution in [2.75, 3.05) is 18.6 Å². The normalized spacial score (nSPS) is 13.5. The Morgan fingerprint density at radius 2 is 1.92 bits per heavy atom. The average molecular weight is 388 g/mol. The summed E-state index contributed by atoms with van der Waals surface area (Å²) >= 11 is 1.28. The van der Waals surface area contributed by atoms with Crippen molar-refractivity contribution in [2.24, 2.45) is 0 Å². The SMILES string of the molecule is CSCC[C@H](NS(=O)(=O)c1ccccc1F)C(=O)NCC(F)(F)F. The molecular formula is C13H16F4N2O3S2. The molecule has 0 aliphatic rings. The number of rotatable bonds is 8. The molecule has 0 heterocycles. The van der Waals surface area contributed by atoms with Crippen molar-refractivity contribution in [3.63, 3.8) is 0 Å². The van der Waals surface area contributed by atoms with E-state index >= 15 is 0 Å². The Kier molecular flexibility index (Phi) is 7.49. The molecule has 1 aromatic carbocycles. The van der Waals surface area contributed by atoms with Crippen LogP contribution in [-0.2, 0) is 14.8 Å². The summed E-state index contributed by atoms with van der Waals surface area (Å²) in [6.07, 6.45) is -2.97. The van der Waals surface area contributed by atoms with Gasteiger partial charge < -0.3 is 5.32 Å². The third-order valence-electron chi connectivity index (χ3n) is 2.81. The number of thioether (sulfide) groups is 1. The lowest BCUT2D eigenvalue weighted by Crippen LogP contribution is -2.49. The van der Waals surface area contributed by atoms with Crippen LogP contribution >= 0.6 is 11.8 Å².